The van der Waals surface area contributed by atoms with Gasteiger partial charge in [0.2, 0.25) is 0 Å². The zero-order valence-corrected chi connectivity index (χ0v) is 6.17. The van der Waals surface area contributed by atoms with Crippen LogP contribution in [0.4, 0.5) is 0 Å². The summed E-state index contributed by atoms with van der Waals surface area (Å²) in [4.78, 5) is 0. The van der Waals surface area contributed by atoms with Crippen LogP contribution in [0.15, 0.2) is 17.4 Å². The van der Waals surface area contributed by atoms with E-state index in [-0.39, 0.29) is 0 Å². The molecule has 0 spiro atoms. The summed E-state index contributed by atoms with van der Waals surface area (Å²) in [5, 5.41) is 3.52. The van der Waals surface area contributed by atoms with E-state index in [1.54, 1.807) is 6.08 Å². The Balaban J connectivity index is 2.79. The lowest BCUT2D eigenvalue weighted by atomic mass is 10.7. The van der Waals surface area contributed by atoms with E-state index in [9.17, 15) is 8.42 Å². The number of rotatable bonds is 1. The van der Waals surface area contributed by atoms with Crippen molar-refractivity contribution < 1.29 is 8.42 Å². The fourth-order valence-corrected chi connectivity index (χ4v) is 0.942. The van der Waals surface area contributed by atoms with Crippen LogP contribution in [0.3, 0.4) is 0 Å². The molecule has 1 N–H and O–H groups in total. The van der Waals surface area contributed by atoms with Crippen molar-refractivity contribution in [3.8, 4) is 0 Å². The third-order valence-corrected chi connectivity index (χ3v) is 1.68. The van der Waals surface area contributed by atoms with Crippen molar-refractivity contribution in [1.82, 2.24) is 9.95 Å². The minimum absolute atomic E-state index is 0.785. The van der Waals surface area contributed by atoms with Crippen molar-refractivity contribution in [3.63, 3.8) is 0 Å². The first-order valence-corrected chi connectivity index (χ1v) is 4.41. The second kappa shape index (κ2) is 2.30. The third-order valence-electron chi connectivity index (χ3n) is 0.853. The van der Waals surface area contributed by atoms with Crippen LogP contribution in [-0.4, -0.2) is 25.4 Å². The van der Waals surface area contributed by atoms with Gasteiger partial charge in [0, 0.05) is 6.20 Å². The highest BCUT2D eigenvalue weighted by Gasteiger charge is 2.11. The molecule has 0 radical (unpaired) electrons. The Labute approximate surface area is 59.0 Å². The quantitative estimate of drug-likeness (QED) is 0.551. The van der Waals surface area contributed by atoms with Gasteiger partial charge in [-0.3, -0.25) is 5.43 Å². The van der Waals surface area contributed by atoms with Crippen LogP contribution in [0.5, 0.6) is 0 Å². The molecule has 0 saturated carbocycles. The summed E-state index contributed by atoms with van der Waals surface area (Å²) in [6, 6.07) is 0. The van der Waals surface area contributed by atoms with Gasteiger partial charge in [-0.2, -0.15) is 0 Å². The Kier molecular flexibility index (Phi) is 1.62. The van der Waals surface area contributed by atoms with Crippen LogP contribution >= 0.6 is 0 Å². The largest absolute Gasteiger partial charge is 0.275 e. The van der Waals surface area contributed by atoms with Crippen molar-refractivity contribution in [1.29, 1.82) is 0 Å². The van der Waals surface area contributed by atoms with Crippen molar-refractivity contribution in [3.05, 3.63) is 12.3 Å². The highest BCUT2D eigenvalue weighted by Crippen LogP contribution is 1.95. The standard InChI is InChI=1S/C4H7N3O2S/c1-10(8,9)7-5-3-2-4-6-7/h2-5H,1H3. The normalized spacial score (nSPS) is 17.1. The third kappa shape index (κ3) is 1.47. The second-order valence-corrected chi connectivity index (χ2v) is 3.57. The van der Waals surface area contributed by atoms with E-state index in [2.05, 4.69) is 10.5 Å². The minimum atomic E-state index is -3.25. The van der Waals surface area contributed by atoms with Crippen LogP contribution in [0.25, 0.3) is 0 Å². The van der Waals surface area contributed by atoms with E-state index in [4.69, 9.17) is 0 Å². The molecule has 56 valence electrons. The van der Waals surface area contributed by atoms with Crippen molar-refractivity contribution in [2.75, 3.05) is 6.26 Å². The minimum Gasteiger partial charge on any atom is -0.275 e. The molecule has 0 aromatic heterocycles. The second-order valence-electron chi connectivity index (χ2n) is 1.76. The van der Waals surface area contributed by atoms with Crippen molar-refractivity contribution in [2.45, 2.75) is 0 Å². The van der Waals surface area contributed by atoms with Crippen LogP contribution in [0.1, 0.15) is 0 Å². The molecule has 0 aliphatic carbocycles. The van der Waals surface area contributed by atoms with E-state index in [0.29, 0.717) is 0 Å². The van der Waals surface area contributed by atoms with Gasteiger partial charge in [0.05, 0.1) is 12.5 Å². The maximum atomic E-state index is 10.7. The monoisotopic (exact) mass is 161 g/mol. The molecular weight excluding hydrogens is 154 g/mol. The summed E-state index contributed by atoms with van der Waals surface area (Å²) in [5.74, 6) is 0. The predicted octanol–water partition coefficient (Wildman–Crippen LogP) is -0.734. The summed E-state index contributed by atoms with van der Waals surface area (Å²) >= 11 is 0. The molecule has 1 aliphatic heterocycles. The Morgan fingerprint density at radius 1 is 1.60 bits per heavy atom. The lowest BCUT2D eigenvalue weighted by molar-refractivity contribution is 0.380. The molecule has 0 saturated heterocycles. The lowest BCUT2D eigenvalue weighted by Gasteiger charge is -2.16. The number of nitrogens with one attached hydrogen (secondary N) is 1. The summed E-state index contributed by atoms with van der Waals surface area (Å²) < 4.78 is 22.2. The molecule has 10 heavy (non-hydrogen) atoms. The zero-order chi connectivity index (χ0) is 7.61. The highest BCUT2D eigenvalue weighted by atomic mass is 32.2. The molecule has 0 aromatic carbocycles. The van der Waals surface area contributed by atoms with Gasteiger partial charge in [0.15, 0.2) is 0 Å². The number of nitrogens with zero attached hydrogens (tertiary/aromatic N) is 2. The van der Waals surface area contributed by atoms with Gasteiger partial charge in [-0.05, 0) is 6.08 Å². The first-order chi connectivity index (χ1) is 4.61. The Morgan fingerprint density at radius 2 is 2.30 bits per heavy atom. The molecule has 6 heteroatoms. The van der Waals surface area contributed by atoms with Crippen LogP contribution < -0.4 is 5.43 Å². The average molecular weight is 161 g/mol. The van der Waals surface area contributed by atoms with Gasteiger partial charge in [-0.1, -0.05) is 4.52 Å². The number of hydrazone groups is 1. The van der Waals surface area contributed by atoms with Crippen LogP contribution in [0, 0.1) is 0 Å². The van der Waals surface area contributed by atoms with Gasteiger partial charge in [-0.25, -0.2) is 8.42 Å². The number of sulfonamides is 1. The maximum Gasteiger partial charge on any atom is 0.265 e. The first-order valence-electron chi connectivity index (χ1n) is 2.56. The lowest BCUT2D eigenvalue weighted by Crippen LogP contribution is -2.35. The summed E-state index contributed by atoms with van der Waals surface area (Å²) in [5.41, 5.74) is 2.43. The van der Waals surface area contributed by atoms with Crippen LogP contribution in [0.2, 0.25) is 0 Å². The molecule has 0 bridgehead atoms. The van der Waals surface area contributed by atoms with E-state index < -0.39 is 10.0 Å². The maximum absolute atomic E-state index is 10.7. The van der Waals surface area contributed by atoms with E-state index in [0.717, 1.165) is 10.8 Å². The SMILES string of the molecule is CS(=O)(=O)N1N=CC=CN1. The molecule has 0 aromatic rings. The molecule has 1 heterocycles. The molecule has 0 unspecified atom stereocenters. The number of hydrogen-bond acceptors (Lipinski definition) is 4. The smallest absolute Gasteiger partial charge is 0.265 e. The van der Waals surface area contributed by atoms with E-state index in [1.165, 1.54) is 12.4 Å². The van der Waals surface area contributed by atoms with Crippen LogP contribution in [-0.2, 0) is 10.0 Å². The molecule has 0 fully saturated rings. The van der Waals surface area contributed by atoms with Crippen molar-refractivity contribution >= 4 is 16.2 Å². The first kappa shape index (κ1) is 7.07. The molecular formula is C4H7N3O2S. The fourth-order valence-electron chi connectivity index (χ4n) is 0.464. The summed E-state index contributed by atoms with van der Waals surface area (Å²) in [7, 11) is -3.25. The van der Waals surface area contributed by atoms with Gasteiger partial charge >= 0.3 is 0 Å². The molecule has 0 amide bonds. The zero-order valence-electron chi connectivity index (χ0n) is 5.35. The fraction of sp³-hybridized carbons (Fsp3) is 0.250. The molecule has 0 atom stereocenters. The summed E-state index contributed by atoms with van der Waals surface area (Å²) in [6.07, 6.45) is 5.53. The van der Waals surface area contributed by atoms with Crippen molar-refractivity contribution in [2.24, 2.45) is 5.10 Å². The Morgan fingerprint density at radius 3 is 2.60 bits per heavy atom. The van der Waals surface area contributed by atoms with Gasteiger partial charge < -0.3 is 0 Å². The predicted molar refractivity (Wildman–Crippen MR) is 37.5 cm³/mol. The Bertz CT molecular complexity index is 266. The van der Waals surface area contributed by atoms with E-state index >= 15 is 0 Å². The molecule has 1 aliphatic rings. The number of hydrogen-bond donors (Lipinski definition) is 1. The Hall–Kier alpha value is -1.04. The van der Waals surface area contributed by atoms with Gasteiger partial charge in [0.1, 0.15) is 0 Å². The molecule has 5 nitrogen and oxygen atoms in total. The van der Waals surface area contributed by atoms with Gasteiger partial charge in [-0.15, -0.1) is 5.10 Å². The highest BCUT2D eigenvalue weighted by molar-refractivity contribution is 7.88. The average Bonchev–Trinajstić information content (AvgIpc) is 1.88. The summed E-state index contributed by atoms with van der Waals surface area (Å²) in [6.45, 7) is 0. The number of hydrazine groups is 1. The van der Waals surface area contributed by atoms with Gasteiger partial charge in [0.25, 0.3) is 10.0 Å². The molecule has 1 rings (SSSR count). The number of allylic oxidation sites excluding steroid dienone is 1. The topological polar surface area (TPSA) is 61.8 Å². The van der Waals surface area contributed by atoms with E-state index in [1.807, 2.05) is 0 Å².